The third-order valence-electron chi connectivity index (χ3n) is 3.68. The Morgan fingerprint density at radius 3 is 2.68 bits per heavy atom. The van der Waals surface area contributed by atoms with Crippen LogP contribution in [0.4, 0.5) is 5.69 Å². The number of benzene rings is 2. The molecule has 5 heteroatoms. The van der Waals surface area contributed by atoms with Crippen molar-refractivity contribution in [2.45, 2.75) is 6.42 Å². The summed E-state index contributed by atoms with van der Waals surface area (Å²) in [5.74, 6) is 0.183. The molecule has 110 valence electrons. The summed E-state index contributed by atoms with van der Waals surface area (Å²) < 4.78 is 4.97. The Labute approximate surface area is 127 Å². The molecule has 2 aromatic rings. The molecule has 1 aliphatic rings. The molecular weight excluding hydrogens is 282 g/mol. The van der Waals surface area contributed by atoms with Crippen molar-refractivity contribution >= 4 is 17.5 Å². The fourth-order valence-corrected chi connectivity index (χ4v) is 2.61. The molecule has 1 aliphatic carbocycles. The second-order valence-electron chi connectivity index (χ2n) is 5.02. The van der Waals surface area contributed by atoms with Gasteiger partial charge in [-0.25, -0.2) is 0 Å². The minimum Gasteiger partial charge on any atom is -0.490 e. The molecule has 0 amide bonds. The van der Waals surface area contributed by atoms with Gasteiger partial charge in [0.2, 0.25) is 0 Å². The summed E-state index contributed by atoms with van der Waals surface area (Å²) in [7, 11) is 1.39. The van der Waals surface area contributed by atoms with E-state index < -0.39 is 4.92 Å². The number of nitrogens with zero attached hydrogens (tertiary/aromatic N) is 1. The van der Waals surface area contributed by atoms with E-state index >= 15 is 0 Å². The molecule has 0 aromatic heterocycles. The fraction of sp³-hybridized carbons (Fsp3) is 0.118. The van der Waals surface area contributed by atoms with Crippen molar-refractivity contribution in [2.24, 2.45) is 0 Å². The maximum absolute atomic E-state index is 12.3. The first-order chi connectivity index (χ1) is 10.6. The molecule has 0 saturated heterocycles. The first-order valence-corrected chi connectivity index (χ1v) is 6.76. The van der Waals surface area contributed by atoms with Gasteiger partial charge in [0, 0.05) is 23.6 Å². The zero-order valence-electron chi connectivity index (χ0n) is 11.9. The Hall–Kier alpha value is -2.95. The van der Waals surface area contributed by atoms with Crippen molar-refractivity contribution in [2.75, 3.05) is 7.11 Å². The minimum absolute atomic E-state index is 0.0194. The van der Waals surface area contributed by atoms with Gasteiger partial charge in [0.25, 0.3) is 0 Å². The topological polar surface area (TPSA) is 69.4 Å². The van der Waals surface area contributed by atoms with E-state index in [0.717, 1.165) is 5.56 Å². The predicted octanol–water partition coefficient (Wildman–Crippen LogP) is 3.43. The number of nitro groups is 1. The van der Waals surface area contributed by atoms with Crippen molar-refractivity contribution in [1.29, 1.82) is 0 Å². The van der Waals surface area contributed by atoms with Crippen LogP contribution in [0.5, 0.6) is 5.75 Å². The molecule has 0 saturated carbocycles. The lowest BCUT2D eigenvalue weighted by molar-refractivity contribution is -0.385. The molecule has 0 spiro atoms. The second kappa shape index (κ2) is 5.44. The van der Waals surface area contributed by atoms with Crippen molar-refractivity contribution in [3.8, 4) is 5.75 Å². The van der Waals surface area contributed by atoms with E-state index in [1.54, 1.807) is 18.2 Å². The summed E-state index contributed by atoms with van der Waals surface area (Å²) in [6.45, 7) is 0. The number of hydrogen-bond acceptors (Lipinski definition) is 4. The highest BCUT2D eigenvalue weighted by atomic mass is 16.6. The Bertz CT molecular complexity index is 808. The van der Waals surface area contributed by atoms with Gasteiger partial charge in [-0.2, -0.15) is 0 Å². The normalized spacial score (nSPS) is 15.0. The van der Waals surface area contributed by atoms with Crippen molar-refractivity contribution in [3.63, 3.8) is 0 Å². The standard InChI is InChI=1S/C17H13NO4/c1-22-16-7-6-11(9-15(16)18(20)21)8-13-10-12-4-2-3-5-14(12)17(13)19/h2-9H,10H2,1H3/b13-8-. The van der Waals surface area contributed by atoms with Gasteiger partial charge in [-0.1, -0.05) is 30.3 Å². The molecule has 0 aliphatic heterocycles. The van der Waals surface area contributed by atoms with Gasteiger partial charge >= 0.3 is 5.69 Å². The van der Waals surface area contributed by atoms with Crippen LogP contribution in [0.25, 0.3) is 6.08 Å². The number of hydrogen-bond donors (Lipinski definition) is 0. The van der Waals surface area contributed by atoms with Gasteiger partial charge in [0.05, 0.1) is 12.0 Å². The van der Waals surface area contributed by atoms with Crippen LogP contribution in [0.3, 0.4) is 0 Å². The number of carbonyl (C=O) groups is 1. The number of fused-ring (bicyclic) bond motifs is 1. The zero-order valence-corrected chi connectivity index (χ0v) is 11.9. The third-order valence-corrected chi connectivity index (χ3v) is 3.68. The lowest BCUT2D eigenvalue weighted by atomic mass is 10.1. The maximum atomic E-state index is 12.3. The number of Topliss-reactive ketones (excluding diaryl/α,β-unsaturated/α-hetero) is 1. The number of rotatable bonds is 3. The van der Waals surface area contributed by atoms with E-state index in [4.69, 9.17) is 4.74 Å². The van der Waals surface area contributed by atoms with E-state index in [9.17, 15) is 14.9 Å². The Morgan fingerprint density at radius 2 is 2.00 bits per heavy atom. The Kier molecular flexibility index (Phi) is 3.47. The average Bonchev–Trinajstić information content (AvgIpc) is 2.84. The molecule has 0 N–H and O–H groups in total. The molecule has 0 heterocycles. The largest absolute Gasteiger partial charge is 0.490 e. The van der Waals surface area contributed by atoms with Crippen molar-refractivity contribution < 1.29 is 14.5 Å². The quantitative estimate of drug-likeness (QED) is 0.494. The first-order valence-electron chi connectivity index (χ1n) is 6.76. The van der Waals surface area contributed by atoms with E-state index in [1.807, 2.05) is 18.2 Å². The van der Waals surface area contributed by atoms with E-state index in [2.05, 4.69) is 0 Å². The number of ketones is 1. The van der Waals surface area contributed by atoms with E-state index in [-0.39, 0.29) is 17.2 Å². The zero-order chi connectivity index (χ0) is 15.7. The highest BCUT2D eigenvalue weighted by Crippen LogP contribution is 2.31. The van der Waals surface area contributed by atoms with Crippen LogP contribution in [0.2, 0.25) is 0 Å². The monoisotopic (exact) mass is 295 g/mol. The predicted molar refractivity (Wildman–Crippen MR) is 82.1 cm³/mol. The molecule has 0 fully saturated rings. The number of methoxy groups -OCH3 is 1. The van der Waals surface area contributed by atoms with Gasteiger partial charge in [-0.15, -0.1) is 0 Å². The number of nitro benzene ring substituents is 1. The molecule has 5 nitrogen and oxygen atoms in total. The Morgan fingerprint density at radius 1 is 1.23 bits per heavy atom. The van der Waals surface area contributed by atoms with Crippen LogP contribution >= 0.6 is 0 Å². The average molecular weight is 295 g/mol. The molecule has 2 aromatic carbocycles. The fourth-order valence-electron chi connectivity index (χ4n) is 2.61. The summed E-state index contributed by atoms with van der Waals surface area (Å²) in [5.41, 5.74) is 2.84. The molecule has 0 unspecified atom stereocenters. The molecule has 3 rings (SSSR count). The van der Waals surface area contributed by atoms with E-state index in [1.165, 1.54) is 19.2 Å². The summed E-state index contributed by atoms with van der Waals surface area (Å²) in [5, 5.41) is 11.1. The second-order valence-corrected chi connectivity index (χ2v) is 5.02. The van der Waals surface area contributed by atoms with Gasteiger partial charge in [-0.05, 0) is 23.3 Å². The smallest absolute Gasteiger partial charge is 0.311 e. The highest BCUT2D eigenvalue weighted by Gasteiger charge is 2.24. The highest BCUT2D eigenvalue weighted by molar-refractivity contribution is 6.15. The third kappa shape index (κ3) is 2.37. The van der Waals surface area contributed by atoms with Gasteiger partial charge in [0.15, 0.2) is 11.5 Å². The van der Waals surface area contributed by atoms with Gasteiger partial charge < -0.3 is 4.74 Å². The van der Waals surface area contributed by atoms with Crippen molar-refractivity contribution in [1.82, 2.24) is 0 Å². The van der Waals surface area contributed by atoms with Gasteiger partial charge in [-0.3, -0.25) is 14.9 Å². The lowest BCUT2D eigenvalue weighted by Gasteiger charge is -2.03. The number of allylic oxidation sites excluding steroid dienone is 1. The molecule has 22 heavy (non-hydrogen) atoms. The number of carbonyl (C=O) groups excluding carboxylic acids is 1. The molecule has 0 bridgehead atoms. The SMILES string of the molecule is COc1ccc(/C=C2/Cc3ccccc3C2=O)cc1[N+](=O)[O-]. The maximum Gasteiger partial charge on any atom is 0.311 e. The molecular formula is C17H13NO4. The van der Waals surface area contributed by atoms with Crippen molar-refractivity contribution in [3.05, 3.63) is 74.8 Å². The van der Waals surface area contributed by atoms with Crippen LogP contribution < -0.4 is 4.74 Å². The van der Waals surface area contributed by atoms with Crippen LogP contribution in [-0.2, 0) is 6.42 Å². The van der Waals surface area contributed by atoms with Gasteiger partial charge in [0.1, 0.15) is 0 Å². The molecule has 0 radical (unpaired) electrons. The van der Waals surface area contributed by atoms with Crippen LogP contribution in [-0.4, -0.2) is 17.8 Å². The first kappa shape index (κ1) is 14.0. The lowest BCUT2D eigenvalue weighted by Crippen LogP contribution is -1.96. The van der Waals surface area contributed by atoms with Crippen LogP contribution in [0, 0.1) is 10.1 Å². The summed E-state index contributed by atoms with van der Waals surface area (Å²) in [4.78, 5) is 22.9. The molecule has 0 atom stereocenters. The Balaban J connectivity index is 1.99. The van der Waals surface area contributed by atoms with Crippen LogP contribution in [0.15, 0.2) is 48.0 Å². The number of ether oxygens (including phenoxy) is 1. The van der Waals surface area contributed by atoms with E-state index in [0.29, 0.717) is 23.1 Å². The summed E-state index contributed by atoms with van der Waals surface area (Å²) in [6, 6.07) is 12.1. The minimum atomic E-state index is -0.494. The van der Waals surface area contributed by atoms with Crippen LogP contribution in [0.1, 0.15) is 21.5 Å². The summed E-state index contributed by atoms with van der Waals surface area (Å²) in [6.07, 6.45) is 2.25. The summed E-state index contributed by atoms with van der Waals surface area (Å²) >= 11 is 0.